The van der Waals surface area contributed by atoms with E-state index in [-0.39, 0.29) is 30.0 Å². The molecule has 33 heavy (non-hydrogen) atoms. The minimum Gasteiger partial charge on any atom is -0.493 e. The Morgan fingerprint density at radius 2 is 1.79 bits per heavy atom. The average molecular weight is 578 g/mol. The van der Waals surface area contributed by atoms with E-state index >= 15 is 0 Å². The van der Waals surface area contributed by atoms with Gasteiger partial charge in [-0.15, -0.1) is 24.0 Å². The third-order valence-electron chi connectivity index (χ3n) is 5.94. The van der Waals surface area contributed by atoms with Gasteiger partial charge >= 0.3 is 0 Å². The summed E-state index contributed by atoms with van der Waals surface area (Å²) >= 11 is 0. The van der Waals surface area contributed by atoms with Gasteiger partial charge in [-0.3, -0.25) is 9.89 Å². The molecule has 1 aromatic rings. The average Bonchev–Trinajstić information content (AvgIpc) is 2.79. The Balaban J connectivity index is 0.00000544. The number of benzene rings is 1. The zero-order valence-electron chi connectivity index (χ0n) is 21.4. The van der Waals surface area contributed by atoms with Crippen molar-refractivity contribution in [2.24, 2.45) is 10.9 Å². The van der Waals surface area contributed by atoms with Crippen LogP contribution < -0.4 is 20.1 Å². The molecule has 190 valence electrons. The molecule has 8 nitrogen and oxygen atoms in total. The third kappa shape index (κ3) is 9.11. The second-order valence-corrected chi connectivity index (χ2v) is 8.65. The molecule has 0 aromatic heterocycles. The van der Waals surface area contributed by atoms with Crippen LogP contribution in [-0.4, -0.2) is 96.1 Å². The summed E-state index contributed by atoms with van der Waals surface area (Å²) in [5.41, 5.74) is 1.16. The van der Waals surface area contributed by atoms with Crippen LogP contribution in [-0.2, 0) is 4.74 Å². The maximum atomic E-state index is 5.53. The lowest BCUT2D eigenvalue weighted by molar-refractivity contribution is 0.00867. The van der Waals surface area contributed by atoms with Gasteiger partial charge in [0, 0.05) is 32.2 Å². The van der Waals surface area contributed by atoms with Crippen molar-refractivity contribution in [2.45, 2.75) is 32.9 Å². The summed E-state index contributed by atoms with van der Waals surface area (Å²) in [4.78, 5) is 9.65. The number of aliphatic imine (C=N–C) groups is 1. The molecule has 2 unspecified atom stereocenters. The molecule has 1 heterocycles. The van der Waals surface area contributed by atoms with E-state index in [1.165, 1.54) is 0 Å². The fourth-order valence-electron chi connectivity index (χ4n) is 4.04. The number of ether oxygens (including phenoxy) is 3. The molecule has 1 aliphatic rings. The number of likely N-dealkylation sites (N-methyl/N-ethyl adjacent to an activating group) is 1. The van der Waals surface area contributed by atoms with Crippen LogP contribution in [0.1, 0.15) is 32.4 Å². The Kier molecular flexibility index (Phi) is 14.0. The highest BCUT2D eigenvalue weighted by Crippen LogP contribution is 2.31. The Hall–Kier alpha value is -1.30. The maximum absolute atomic E-state index is 5.53. The van der Waals surface area contributed by atoms with Crippen molar-refractivity contribution >= 4 is 29.9 Å². The second-order valence-electron chi connectivity index (χ2n) is 8.65. The number of methoxy groups -OCH3 is 2. The highest BCUT2D eigenvalue weighted by atomic mass is 127. The van der Waals surface area contributed by atoms with Crippen LogP contribution in [0.4, 0.5) is 0 Å². The standard InChI is InChI=1S/C24H43N5O3.HI/c1-8-25-24(26-16-20(18(2)3)29-11-13-32-14-12-29)27-17-21(28(4)5)19-9-10-22(30-6)23(15-19)31-7;/h9-10,15,18,20-21H,8,11-14,16-17H2,1-7H3,(H2,25,26,27);1H. The Morgan fingerprint density at radius 1 is 1.12 bits per heavy atom. The molecule has 0 aliphatic carbocycles. The summed E-state index contributed by atoms with van der Waals surface area (Å²) < 4.78 is 16.4. The van der Waals surface area contributed by atoms with Crippen molar-refractivity contribution in [3.05, 3.63) is 23.8 Å². The first-order chi connectivity index (χ1) is 15.4. The number of halogens is 1. The molecule has 2 atom stereocenters. The molecule has 2 rings (SSSR count). The predicted octanol–water partition coefficient (Wildman–Crippen LogP) is 2.84. The maximum Gasteiger partial charge on any atom is 0.191 e. The Labute approximate surface area is 217 Å². The van der Waals surface area contributed by atoms with E-state index in [1.807, 2.05) is 12.1 Å². The molecule has 0 spiro atoms. The summed E-state index contributed by atoms with van der Waals surface area (Å²) in [6.45, 7) is 12.5. The molecule has 0 radical (unpaired) electrons. The lowest BCUT2D eigenvalue weighted by atomic mass is 10.0. The molecule has 0 bridgehead atoms. The van der Waals surface area contributed by atoms with Crippen LogP contribution in [0.5, 0.6) is 11.5 Å². The first-order valence-corrected chi connectivity index (χ1v) is 11.6. The lowest BCUT2D eigenvalue weighted by Crippen LogP contribution is -2.48. The molecule has 1 fully saturated rings. The predicted molar refractivity (Wildman–Crippen MR) is 146 cm³/mol. The van der Waals surface area contributed by atoms with Gasteiger partial charge in [0.15, 0.2) is 17.5 Å². The topological polar surface area (TPSA) is 70.6 Å². The minimum atomic E-state index is 0. The Morgan fingerprint density at radius 3 is 2.33 bits per heavy atom. The van der Waals surface area contributed by atoms with E-state index in [0.29, 0.717) is 12.0 Å². The monoisotopic (exact) mass is 577 g/mol. The molecule has 2 N–H and O–H groups in total. The first kappa shape index (κ1) is 29.7. The first-order valence-electron chi connectivity index (χ1n) is 11.6. The quantitative estimate of drug-likeness (QED) is 0.238. The zero-order chi connectivity index (χ0) is 23.5. The van der Waals surface area contributed by atoms with Crippen LogP contribution in [0.2, 0.25) is 0 Å². The molecule has 1 saturated heterocycles. The van der Waals surface area contributed by atoms with Crippen LogP contribution >= 0.6 is 24.0 Å². The van der Waals surface area contributed by atoms with Gasteiger partial charge in [0.05, 0.1) is 40.0 Å². The lowest BCUT2D eigenvalue weighted by Gasteiger charge is -2.36. The number of nitrogens with zero attached hydrogens (tertiary/aromatic N) is 3. The molecule has 9 heteroatoms. The van der Waals surface area contributed by atoms with Crippen molar-refractivity contribution in [3.8, 4) is 11.5 Å². The normalized spacial score (nSPS) is 16.8. The summed E-state index contributed by atoms with van der Waals surface area (Å²) in [5.74, 6) is 2.85. The van der Waals surface area contributed by atoms with Gasteiger partial charge in [0.25, 0.3) is 0 Å². The van der Waals surface area contributed by atoms with E-state index in [0.717, 1.165) is 69.0 Å². The van der Waals surface area contributed by atoms with Gasteiger partial charge in [-0.2, -0.15) is 0 Å². The van der Waals surface area contributed by atoms with Crippen molar-refractivity contribution in [1.29, 1.82) is 0 Å². The highest BCUT2D eigenvalue weighted by molar-refractivity contribution is 14.0. The molecule has 0 amide bonds. The summed E-state index contributed by atoms with van der Waals surface area (Å²) in [6.07, 6.45) is 0. The van der Waals surface area contributed by atoms with Gasteiger partial charge in [-0.05, 0) is 44.6 Å². The van der Waals surface area contributed by atoms with E-state index in [1.54, 1.807) is 14.2 Å². The summed E-state index contributed by atoms with van der Waals surface area (Å²) in [7, 11) is 7.49. The fraction of sp³-hybridized carbons (Fsp3) is 0.708. The molecule has 1 aliphatic heterocycles. The van der Waals surface area contributed by atoms with Crippen molar-refractivity contribution < 1.29 is 14.2 Å². The van der Waals surface area contributed by atoms with Crippen molar-refractivity contribution in [3.63, 3.8) is 0 Å². The number of rotatable bonds is 11. The van der Waals surface area contributed by atoms with E-state index in [4.69, 9.17) is 19.2 Å². The third-order valence-corrected chi connectivity index (χ3v) is 5.94. The summed E-state index contributed by atoms with van der Waals surface area (Å²) in [5, 5.41) is 6.94. The van der Waals surface area contributed by atoms with E-state index in [2.05, 4.69) is 61.4 Å². The zero-order valence-corrected chi connectivity index (χ0v) is 23.7. The van der Waals surface area contributed by atoms with E-state index in [9.17, 15) is 0 Å². The number of nitrogens with one attached hydrogen (secondary N) is 2. The van der Waals surface area contributed by atoms with Gasteiger partial charge in [0.2, 0.25) is 0 Å². The van der Waals surface area contributed by atoms with Crippen molar-refractivity contribution in [2.75, 3.05) is 74.3 Å². The van der Waals surface area contributed by atoms with Gasteiger partial charge in [-0.1, -0.05) is 19.9 Å². The largest absolute Gasteiger partial charge is 0.493 e. The van der Waals surface area contributed by atoms with Crippen LogP contribution in [0.3, 0.4) is 0 Å². The second kappa shape index (κ2) is 15.6. The molecule has 1 aromatic carbocycles. The van der Waals surface area contributed by atoms with Gasteiger partial charge < -0.3 is 29.7 Å². The fourth-order valence-corrected chi connectivity index (χ4v) is 4.04. The van der Waals surface area contributed by atoms with Crippen LogP contribution in [0, 0.1) is 5.92 Å². The number of guanidine groups is 1. The van der Waals surface area contributed by atoms with E-state index < -0.39 is 0 Å². The Bertz CT molecular complexity index is 711. The smallest absolute Gasteiger partial charge is 0.191 e. The molecule has 0 saturated carbocycles. The number of morpholine rings is 1. The number of hydrogen-bond acceptors (Lipinski definition) is 6. The van der Waals surface area contributed by atoms with Crippen molar-refractivity contribution in [1.82, 2.24) is 20.4 Å². The SMILES string of the molecule is CCNC(=NCC(C(C)C)N1CCOCC1)NCC(c1ccc(OC)c(OC)c1)N(C)C.I. The summed E-state index contributed by atoms with van der Waals surface area (Å²) in [6, 6.07) is 6.65. The van der Waals surface area contributed by atoms with Gasteiger partial charge in [0.1, 0.15) is 0 Å². The van der Waals surface area contributed by atoms with Crippen LogP contribution in [0.15, 0.2) is 23.2 Å². The van der Waals surface area contributed by atoms with Crippen LogP contribution in [0.25, 0.3) is 0 Å². The number of hydrogen-bond donors (Lipinski definition) is 2. The highest BCUT2D eigenvalue weighted by Gasteiger charge is 2.24. The molecular weight excluding hydrogens is 533 g/mol. The van der Waals surface area contributed by atoms with Gasteiger partial charge in [-0.25, -0.2) is 0 Å². The minimum absolute atomic E-state index is 0. The molecular formula is C24H44IN5O3.